The van der Waals surface area contributed by atoms with E-state index in [9.17, 15) is 9.59 Å². The molecule has 0 aliphatic carbocycles. The summed E-state index contributed by atoms with van der Waals surface area (Å²) in [6.45, 7) is 3.76. The Morgan fingerprint density at radius 3 is 2.79 bits per heavy atom. The number of carbonyl (C=O) groups excluding carboxylic acids is 2. The van der Waals surface area contributed by atoms with Gasteiger partial charge in [0, 0.05) is 30.6 Å². The van der Waals surface area contributed by atoms with Crippen LogP contribution in [0.5, 0.6) is 0 Å². The van der Waals surface area contributed by atoms with Gasteiger partial charge in [-0.3, -0.25) is 9.59 Å². The van der Waals surface area contributed by atoms with Gasteiger partial charge in [0.15, 0.2) is 0 Å². The van der Waals surface area contributed by atoms with Gasteiger partial charge in [-0.2, -0.15) is 0 Å². The lowest BCUT2D eigenvalue weighted by Gasteiger charge is -2.06. The number of fused-ring (bicyclic) bond motifs is 1. The molecule has 3 rings (SSSR count). The lowest BCUT2D eigenvalue weighted by Crippen LogP contribution is -2.23. The lowest BCUT2D eigenvalue weighted by atomic mass is 10.2. The number of nitrogens with one attached hydrogen (secondary N) is 2. The molecule has 0 saturated carbocycles. The molecular formula is C18H18N4O2. The summed E-state index contributed by atoms with van der Waals surface area (Å²) in [6.07, 6.45) is 3.83. The summed E-state index contributed by atoms with van der Waals surface area (Å²) in [5.41, 5.74) is 3.84. The van der Waals surface area contributed by atoms with Gasteiger partial charge < -0.3 is 15.0 Å². The second-order valence-electron chi connectivity index (χ2n) is 5.60. The fraction of sp³-hybridized carbons (Fsp3) is 0.167. The van der Waals surface area contributed by atoms with Crippen LogP contribution in [-0.4, -0.2) is 21.2 Å². The number of aryl methyl sites for hydroxylation is 1. The van der Waals surface area contributed by atoms with E-state index in [1.165, 1.54) is 6.92 Å². The Hall–Kier alpha value is -3.15. The van der Waals surface area contributed by atoms with Crippen LogP contribution in [0.25, 0.3) is 5.65 Å². The molecule has 2 heterocycles. The maximum Gasteiger partial charge on any atom is 0.251 e. The van der Waals surface area contributed by atoms with Crippen LogP contribution in [0.15, 0.2) is 48.8 Å². The third kappa shape index (κ3) is 3.43. The first-order valence-electron chi connectivity index (χ1n) is 7.62. The molecule has 0 fully saturated rings. The van der Waals surface area contributed by atoms with Gasteiger partial charge in [0.2, 0.25) is 5.91 Å². The highest BCUT2D eigenvalue weighted by atomic mass is 16.2. The Balaban J connectivity index is 1.70. The average Bonchev–Trinajstić information content (AvgIpc) is 2.97. The van der Waals surface area contributed by atoms with Gasteiger partial charge in [-0.15, -0.1) is 0 Å². The van der Waals surface area contributed by atoms with E-state index in [0.717, 1.165) is 16.9 Å². The number of nitrogens with zero attached hydrogens (tertiary/aromatic N) is 2. The highest BCUT2D eigenvalue weighted by Crippen LogP contribution is 2.12. The number of benzene rings is 1. The number of anilines is 1. The zero-order valence-electron chi connectivity index (χ0n) is 13.5. The van der Waals surface area contributed by atoms with Crippen LogP contribution in [0.4, 0.5) is 5.69 Å². The molecule has 2 aromatic heterocycles. The molecule has 0 aliphatic heterocycles. The molecule has 3 aromatic rings. The first-order valence-corrected chi connectivity index (χ1v) is 7.62. The van der Waals surface area contributed by atoms with Crippen LogP contribution in [0, 0.1) is 6.92 Å². The predicted octanol–water partition coefficient (Wildman–Crippen LogP) is 2.53. The third-order valence-corrected chi connectivity index (χ3v) is 3.60. The topological polar surface area (TPSA) is 75.5 Å². The first kappa shape index (κ1) is 15.7. The molecule has 0 bridgehead atoms. The Morgan fingerprint density at radius 1 is 1.21 bits per heavy atom. The number of aromatic nitrogens is 2. The van der Waals surface area contributed by atoms with Crippen molar-refractivity contribution in [2.75, 3.05) is 5.32 Å². The summed E-state index contributed by atoms with van der Waals surface area (Å²) < 4.78 is 1.94. The lowest BCUT2D eigenvalue weighted by molar-refractivity contribution is -0.114. The van der Waals surface area contributed by atoms with Crippen molar-refractivity contribution in [2.45, 2.75) is 20.4 Å². The maximum atomic E-state index is 12.3. The average molecular weight is 322 g/mol. The fourth-order valence-corrected chi connectivity index (χ4v) is 2.50. The van der Waals surface area contributed by atoms with Crippen molar-refractivity contribution in [3.63, 3.8) is 0 Å². The SMILES string of the molecule is CC(=O)Nc1cccc(C(=O)NCc2cn3cccc(C)c3n2)c1. The summed E-state index contributed by atoms with van der Waals surface area (Å²) in [5, 5.41) is 5.51. The molecule has 2 amide bonds. The zero-order chi connectivity index (χ0) is 17.1. The minimum Gasteiger partial charge on any atom is -0.346 e. The Labute approximate surface area is 139 Å². The van der Waals surface area contributed by atoms with E-state index >= 15 is 0 Å². The molecule has 2 N–H and O–H groups in total. The van der Waals surface area contributed by atoms with E-state index in [-0.39, 0.29) is 11.8 Å². The predicted molar refractivity (Wildman–Crippen MR) is 91.8 cm³/mol. The van der Waals surface area contributed by atoms with Crippen molar-refractivity contribution in [3.05, 3.63) is 65.6 Å². The summed E-state index contributed by atoms with van der Waals surface area (Å²) >= 11 is 0. The summed E-state index contributed by atoms with van der Waals surface area (Å²) in [7, 11) is 0. The number of hydrogen-bond donors (Lipinski definition) is 2. The van der Waals surface area contributed by atoms with Crippen molar-refractivity contribution in [1.29, 1.82) is 0 Å². The molecule has 122 valence electrons. The maximum absolute atomic E-state index is 12.3. The highest BCUT2D eigenvalue weighted by Gasteiger charge is 2.09. The second-order valence-corrected chi connectivity index (χ2v) is 5.60. The molecule has 1 aromatic carbocycles. The molecule has 0 saturated heterocycles. The van der Waals surface area contributed by atoms with Gasteiger partial charge in [-0.1, -0.05) is 12.1 Å². The van der Waals surface area contributed by atoms with Gasteiger partial charge in [0.05, 0.1) is 12.2 Å². The smallest absolute Gasteiger partial charge is 0.251 e. The van der Waals surface area contributed by atoms with Gasteiger partial charge in [-0.25, -0.2) is 4.98 Å². The largest absolute Gasteiger partial charge is 0.346 e. The van der Waals surface area contributed by atoms with Crippen LogP contribution >= 0.6 is 0 Å². The van der Waals surface area contributed by atoms with E-state index < -0.39 is 0 Å². The number of rotatable bonds is 4. The molecule has 6 heteroatoms. The van der Waals surface area contributed by atoms with Crippen molar-refractivity contribution < 1.29 is 9.59 Å². The van der Waals surface area contributed by atoms with Gasteiger partial charge in [0.1, 0.15) is 5.65 Å². The number of hydrogen-bond acceptors (Lipinski definition) is 3. The Morgan fingerprint density at radius 2 is 2.04 bits per heavy atom. The van der Waals surface area contributed by atoms with Crippen molar-refractivity contribution >= 4 is 23.1 Å². The minimum atomic E-state index is -0.212. The van der Waals surface area contributed by atoms with Crippen LogP contribution < -0.4 is 10.6 Å². The monoisotopic (exact) mass is 322 g/mol. The highest BCUT2D eigenvalue weighted by molar-refractivity contribution is 5.96. The summed E-state index contributed by atoms with van der Waals surface area (Å²) in [5.74, 6) is -0.386. The van der Waals surface area contributed by atoms with Crippen LogP contribution in [-0.2, 0) is 11.3 Å². The van der Waals surface area contributed by atoms with E-state index in [4.69, 9.17) is 0 Å². The molecule has 24 heavy (non-hydrogen) atoms. The number of imidazole rings is 1. The van der Waals surface area contributed by atoms with Crippen molar-refractivity contribution in [2.24, 2.45) is 0 Å². The van der Waals surface area contributed by atoms with Gasteiger partial charge >= 0.3 is 0 Å². The molecule has 0 atom stereocenters. The van der Waals surface area contributed by atoms with Gasteiger partial charge in [0.25, 0.3) is 5.91 Å². The molecule has 0 spiro atoms. The quantitative estimate of drug-likeness (QED) is 0.775. The van der Waals surface area contributed by atoms with E-state index in [2.05, 4.69) is 15.6 Å². The fourth-order valence-electron chi connectivity index (χ4n) is 2.50. The molecule has 0 radical (unpaired) electrons. The molecule has 0 aliphatic rings. The van der Waals surface area contributed by atoms with Crippen molar-refractivity contribution in [1.82, 2.24) is 14.7 Å². The van der Waals surface area contributed by atoms with Crippen LogP contribution in [0.1, 0.15) is 28.5 Å². The first-order chi connectivity index (χ1) is 11.5. The second kappa shape index (κ2) is 6.54. The number of pyridine rings is 1. The number of amides is 2. The third-order valence-electron chi connectivity index (χ3n) is 3.60. The van der Waals surface area contributed by atoms with E-state index in [1.807, 2.05) is 35.9 Å². The van der Waals surface area contributed by atoms with E-state index in [0.29, 0.717) is 17.8 Å². The molecule has 0 unspecified atom stereocenters. The minimum absolute atomic E-state index is 0.173. The molecular weight excluding hydrogens is 304 g/mol. The van der Waals surface area contributed by atoms with E-state index in [1.54, 1.807) is 24.3 Å². The summed E-state index contributed by atoms with van der Waals surface area (Å²) in [6, 6.07) is 10.8. The van der Waals surface area contributed by atoms with Crippen LogP contribution in [0.3, 0.4) is 0 Å². The Kier molecular flexibility index (Phi) is 4.29. The standard InChI is InChI=1S/C18H18N4O2/c1-12-5-4-8-22-11-16(21-17(12)22)10-19-18(24)14-6-3-7-15(9-14)20-13(2)23/h3-9,11H,10H2,1-2H3,(H,19,24)(H,20,23). The Bertz CT molecular complexity index is 914. The van der Waals surface area contributed by atoms with Crippen molar-refractivity contribution in [3.8, 4) is 0 Å². The number of carbonyl (C=O) groups is 2. The molecule has 6 nitrogen and oxygen atoms in total. The normalized spacial score (nSPS) is 10.6. The zero-order valence-corrected chi connectivity index (χ0v) is 13.5. The van der Waals surface area contributed by atoms with Crippen LogP contribution in [0.2, 0.25) is 0 Å². The summed E-state index contributed by atoms with van der Waals surface area (Å²) in [4.78, 5) is 27.9. The van der Waals surface area contributed by atoms with Gasteiger partial charge in [-0.05, 0) is 36.8 Å².